The lowest BCUT2D eigenvalue weighted by atomic mass is 9.84. The molecule has 0 atom stereocenters. The second kappa shape index (κ2) is 14.4. The highest BCUT2D eigenvalue weighted by Gasteiger charge is 2.16. The van der Waals surface area contributed by atoms with Crippen molar-refractivity contribution in [1.29, 1.82) is 0 Å². The van der Waals surface area contributed by atoms with E-state index < -0.39 is 0 Å². The van der Waals surface area contributed by atoms with Gasteiger partial charge in [-0.25, -0.2) is 0 Å². The van der Waals surface area contributed by atoms with Crippen molar-refractivity contribution in [3.63, 3.8) is 0 Å². The summed E-state index contributed by atoms with van der Waals surface area (Å²) in [6, 6.07) is 8.16. The fraction of sp³-hybridized carbons (Fsp3) is 0.152. The highest BCUT2D eigenvalue weighted by molar-refractivity contribution is 5.85. The van der Waals surface area contributed by atoms with E-state index >= 15 is 0 Å². The molecule has 0 spiro atoms. The lowest BCUT2D eigenvalue weighted by molar-refractivity contribution is 1.13. The summed E-state index contributed by atoms with van der Waals surface area (Å²) in [6.07, 6.45) is 18.1. The molecule has 0 aliphatic carbocycles. The maximum atomic E-state index is 4.31. The SMILES string of the molecule is C=CC(=C)/C(C=C)=C(C/C=C\C=C/C(=C)CC)/C(C(/C=C)=C(/C=C)CC)=c1\ccccc1=C. The van der Waals surface area contributed by atoms with Crippen LogP contribution in [0.2, 0.25) is 0 Å². The summed E-state index contributed by atoms with van der Waals surface area (Å²) in [5, 5.41) is 1.99. The number of rotatable bonds is 13. The molecule has 0 saturated heterocycles. The largest absolute Gasteiger partial charge is 0.0988 e. The molecule has 0 unspecified atom stereocenters. The maximum absolute atomic E-state index is 4.31. The normalized spacial score (nSPS) is 13.8. The van der Waals surface area contributed by atoms with Gasteiger partial charge in [0.1, 0.15) is 0 Å². The quantitative estimate of drug-likeness (QED) is 0.276. The van der Waals surface area contributed by atoms with Gasteiger partial charge in [-0.3, -0.25) is 0 Å². The predicted octanol–water partition coefficient (Wildman–Crippen LogP) is 8.02. The van der Waals surface area contributed by atoms with E-state index in [0.29, 0.717) is 6.42 Å². The molecule has 0 nitrogen and oxygen atoms in total. The number of benzene rings is 1. The van der Waals surface area contributed by atoms with Crippen molar-refractivity contribution >= 4 is 12.2 Å². The third kappa shape index (κ3) is 7.47. The van der Waals surface area contributed by atoms with E-state index in [1.807, 2.05) is 48.6 Å². The van der Waals surface area contributed by atoms with E-state index in [-0.39, 0.29) is 0 Å². The Hall–Kier alpha value is -3.64. The van der Waals surface area contributed by atoms with Gasteiger partial charge in [0, 0.05) is 0 Å². The molecule has 1 rings (SSSR count). The summed E-state index contributed by atoms with van der Waals surface area (Å²) in [6.45, 7) is 33.0. The van der Waals surface area contributed by atoms with Crippen LogP contribution in [0.25, 0.3) is 12.2 Å². The summed E-state index contributed by atoms with van der Waals surface area (Å²) < 4.78 is 0. The first-order valence-electron chi connectivity index (χ1n) is 11.3. The second-order valence-electron chi connectivity index (χ2n) is 7.56. The van der Waals surface area contributed by atoms with Crippen LogP contribution in [0.5, 0.6) is 0 Å². The van der Waals surface area contributed by atoms with E-state index in [2.05, 4.69) is 78.1 Å². The summed E-state index contributed by atoms with van der Waals surface area (Å²) in [7, 11) is 0. The van der Waals surface area contributed by atoms with Crippen molar-refractivity contribution < 1.29 is 0 Å². The topological polar surface area (TPSA) is 0 Å². The lowest BCUT2D eigenvalue weighted by Gasteiger charge is -2.20. The molecule has 0 aliphatic rings. The van der Waals surface area contributed by atoms with Crippen molar-refractivity contribution in [2.75, 3.05) is 0 Å². The minimum Gasteiger partial charge on any atom is -0.0988 e. The van der Waals surface area contributed by atoms with Crippen LogP contribution in [0.4, 0.5) is 0 Å². The van der Waals surface area contributed by atoms with Crippen LogP contribution in [0, 0.1) is 0 Å². The molecule has 0 aliphatic heterocycles. The van der Waals surface area contributed by atoms with Gasteiger partial charge >= 0.3 is 0 Å². The predicted molar refractivity (Wildman–Crippen MR) is 151 cm³/mol. The zero-order valence-corrected chi connectivity index (χ0v) is 20.5. The van der Waals surface area contributed by atoms with Crippen LogP contribution in [0.15, 0.2) is 146 Å². The van der Waals surface area contributed by atoms with Gasteiger partial charge in [0.15, 0.2) is 0 Å². The fourth-order valence-electron chi connectivity index (χ4n) is 3.55. The first-order chi connectivity index (χ1) is 15.9. The van der Waals surface area contributed by atoms with Crippen LogP contribution in [-0.2, 0) is 0 Å². The van der Waals surface area contributed by atoms with Crippen molar-refractivity contribution in [1.82, 2.24) is 0 Å². The third-order valence-corrected chi connectivity index (χ3v) is 5.51. The molecular weight excluding hydrogens is 396 g/mol. The standard InChI is InChI=1S/C33H38/c1-10-25(7)21-17-16-18-24-32(29(14-5)26(8)11-2)33(30(15-6)28(12-3)13-4)31-23-20-19-22-27(31)9/h11-12,14-23H,2-3,5-10,13,24H2,1,4H3/b18-16-,21-17-,30-28-,32-29+,33-31+. The average Bonchev–Trinajstić information content (AvgIpc) is 2.83. The van der Waals surface area contributed by atoms with Crippen LogP contribution >= 0.6 is 0 Å². The van der Waals surface area contributed by atoms with E-state index in [0.717, 1.165) is 62.3 Å². The minimum atomic E-state index is 0.673. The monoisotopic (exact) mass is 434 g/mol. The molecule has 1 aromatic carbocycles. The Bertz CT molecular complexity index is 1150. The van der Waals surface area contributed by atoms with Crippen LogP contribution < -0.4 is 10.4 Å². The Kier molecular flexibility index (Phi) is 12.0. The molecule has 33 heavy (non-hydrogen) atoms. The molecular formula is C33H38. The van der Waals surface area contributed by atoms with Gasteiger partial charge in [-0.2, -0.15) is 0 Å². The first kappa shape index (κ1) is 27.4. The molecule has 0 bridgehead atoms. The van der Waals surface area contributed by atoms with Gasteiger partial charge in [-0.15, -0.1) is 0 Å². The summed E-state index contributed by atoms with van der Waals surface area (Å²) >= 11 is 0. The lowest BCUT2D eigenvalue weighted by Crippen LogP contribution is -2.27. The Balaban J connectivity index is 4.07. The second-order valence-corrected chi connectivity index (χ2v) is 7.56. The smallest absolute Gasteiger partial charge is 0.00616 e. The highest BCUT2D eigenvalue weighted by Crippen LogP contribution is 2.33. The highest BCUT2D eigenvalue weighted by atomic mass is 14.2. The Morgan fingerprint density at radius 2 is 1.48 bits per heavy atom. The molecule has 0 saturated carbocycles. The fourth-order valence-corrected chi connectivity index (χ4v) is 3.55. The summed E-state index contributed by atoms with van der Waals surface area (Å²) in [4.78, 5) is 0. The minimum absolute atomic E-state index is 0.673. The Morgan fingerprint density at radius 1 is 0.818 bits per heavy atom. The van der Waals surface area contributed by atoms with Gasteiger partial charge in [-0.05, 0) is 63.1 Å². The van der Waals surface area contributed by atoms with Crippen LogP contribution in [-0.4, -0.2) is 0 Å². The number of allylic oxidation sites excluding steroid dienone is 14. The number of hydrogen-bond donors (Lipinski definition) is 0. The first-order valence-corrected chi connectivity index (χ1v) is 11.3. The van der Waals surface area contributed by atoms with Gasteiger partial charge in [0.05, 0.1) is 0 Å². The van der Waals surface area contributed by atoms with Gasteiger partial charge in [-0.1, -0.05) is 138 Å². The molecule has 0 heteroatoms. The van der Waals surface area contributed by atoms with E-state index in [4.69, 9.17) is 0 Å². The molecule has 0 N–H and O–H groups in total. The van der Waals surface area contributed by atoms with Gasteiger partial charge < -0.3 is 0 Å². The molecule has 170 valence electrons. The molecule has 1 aromatic rings. The zero-order chi connectivity index (χ0) is 24.8. The van der Waals surface area contributed by atoms with E-state index in [1.165, 1.54) is 0 Å². The summed E-state index contributed by atoms with van der Waals surface area (Å²) in [5.41, 5.74) is 7.19. The molecule has 0 heterocycles. The van der Waals surface area contributed by atoms with Crippen molar-refractivity contribution in [2.45, 2.75) is 33.1 Å². The molecule has 0 fully saturated rings. The van der Waals surface area contributed by atoms with Crippen molar-refractivity contribution in [3.8, 4) is 0 Å². The van der Waals surface area contributed by atoms with Crippen LogP contribution in [0.3, 0.4) is 0 Å². The molecule has 0 radical (unpaired) electrons. The number of hydrogen-bond acceptors (Lipinski definition) is 0. The molecule has 0 amide bonds. The third-order valence-electron chi connectivity index (χ3n) is 5.51. The zero-order valence-electron chi connectivity index (χ0n) is 20.5. The Morgan fingerprint density at radius 3 is 2.00 bits per heavy atom. The van der Waals surface area contributed by atoms with E-state index in [9.17, 15) is 0 Å². The van der Waals surface area contributed by atoms with Crippen LogP contribution in [0.1, 0.15) is 33.1 Å². The maximum Gasteiger partial charge on any atom is -0.00616 e. The van der Waals surface area contributed by atoms with Crippen molar-refractivity contribution in [2.24, 2.45) is 0 Å². The van der Waals surface area contributed by atoms with Gasteiger partial charge in [0.25, 0.3) is 0 Å². The Labute approximate surface area is 201 Å². The molecule has 0 aromatic heterocycles. The van der Waals surface area contributed by atoms with Gasteiger partial charge in [0.2, 0.25) is 0 Å². The van der Waals surface area contributed by atoms with Crippen molar-refractivity contribution in [3.05, 3.63) is 156 Å². The van der Waals surface area contributed by atoms with E-state index in [1.54, 1.807) is 6.08 Å². The average molecular weight is 435 g/mol. The summed E-state index contributed by atoms with van der Waals surface area (Å²) in [5.74, 6) is 0.